The van der Waals surface area contributed by atoms with Crippen molar-refractivity contribution in [1.82, 2.24) is 0 Å². The van der Waals surface area contributed by atoms with E-state index >= 15 is 0 Å². The van der Waals surface area contributed by atoms with Crippen LogP contribution < -0.4 is 0 Å². The molecule has 10 aromatic rings. The SMILES string of the molecule is c1ccc(-c2oc3ccc4c5cc(-c6c7ccccc7c(-c7ccccc7)c7ccccc67)ccc5sc4c3c2-c2ccccc2)cc1. The third-order valence-corrected chi connectivity index (χ3v) is 10.9. The van der Waals surface area contributed by atoms with Gasteiger partial charge in [0.25, 0.3) is 0 Å². The minimum Gasteiger partial charge on any atom is -0.455 e. The Bertz CT molecular complexity index is 2750. The lowest BCUT2D eigenvalue weighted by Crippen LogP contribution is -1.90. The van der Waals surface area contributed by atoms with Crippen LogP contribution in [-0.2, 0) is 0 Å². The van der Waals surface area contributed by atoms with Crippen molar-refractivity contribution in [3.8, 4) is 44.7 Å². The van der Waals surface area contributed by atoms with Crippen molar-refractivity contribution < 1.29 is 4.42 Å². The predicted octanol–water partition coefficient (Wildman–Crippen LogP) is 13.8. The van der Waals surface area contributed by atoms with Crippen molar-refractivity contribution >= 4 is 64.0 Å². The third kappa shape index (κ3) is 4.10. The molecule has 0 atom stereocenters. The second-order valence-corrected chi connectivity index (χ2v) is 13.4. The van der Waals surface area contributed by atoms with Crippen LogP contribution in [0.25, 0.3) is 97.4 Å². The zero-order valence-electron chi connectivity index (χ0n) is 26.0. The summed E-state index contributed by atoms with van der Waals surface area (Å²) in [4.78, 5) is 0. The number of rotatable bonds is 4. The van der Waals surface area contributed by atoms with Crippen molar-refractivity contribution in [3.05, 3.63) is 170 Å². The number of fused-ring (bicyclic) bond motifs is 7. The Balaban J connectivity index is 1.26. The average Bonchev–Trinajstić information content (AvgIpc) is 3.73. The van der Waals surface area contributed by atoms with Crippen molar-refractivity contribution in [2.24, 2.45) is 0 Å². The number of benzene rings is 8. The highest BCUT2D eigenvalue weighted by atomic mass is 32.1. The van der Waals surface area contributed by atoms with Gasteiger partial charge in [-0.3, -0.25) is 0 Å². The molecule has 8 aromatic carbocycles. The van der Waals surface area contributed by atoms with E-state index in [2.05, 4.69) is 170 Å². The van der Waals surface area contributed by atoms with Crippen LogP contribution in [0, 0.1) is 0 Å². The molecule has 10 rings (SSSR count). The van der Waals surface area contributed by atoms with Gasteiger partial charge in [-0.1, -0.05) is 146 Å². The summed E-state index contributed by atoms with van der Waals surface area (Å²) in [5, 5.41) is 8.80. The van der Waals surface area contributed by atoms with Crippen LogP contribution in [0.2, 0.25) is 0 Å². The lowest BCUT2D eigenvalue weighted by molar-refractivity contribution is 0.632. The summed E-state index contributed by atoms with van der Waals surface area (Å²) in [6.45, 7) is 0. The highest BCUT2D eigenvalue weighted by Crippen LogP contribution is 2.49. The van der Waals surface area contributed by atoms with E-state index < -0.39 is 0 Å². The van der Waals surface area contributed by atoms with Crippen molar-refractivity contribution in [1.29, 1.82) is 0 Å². The molecular formula is C46H28OS. The number of hydrogen-bond donors (Lipinski definition) is 0. The first-order valence-corrected chi connectivity index (χ1v) is 17.2. The summed E-state index contributed by atoms with van der Waals surface area (Å²) in [5.41, 5.74) is 9.36. The van der Waals surface area contributed by atoms with Gasteiger partial charge < -0.3 is 4.42 Å². The number of hydrogen-bond acceptors (Lipinski definition) is 2. The highest BCUT2D eigenvalue weighted by Gasteiger charge is 2.22. The second-order valence-electron chi connectivity index (χ2n) is 12.4. The van der Waals surface area contributed by atoms with E-state index in [0.717, 1.165) is 28.0 Å². The number of thiophene rings is 1. The van der Waals surface area contributed by atoms with Crippen LogP contribution >= 0.6 is 11.3 Å². The molecule has 2 heterocycles. The summed E-state index contributed by atoms with van der Waals surface area (Å²) in [6, 6.07) is 61.2. The molecule has 0 aliphatic heterocycles. The Labute approximate surface area is 282 Å². The monoisotopic (exact) mass is 628 g/mol. The fourth-order valence-corrected chi connectivity index (χ4v) is 8.83. The van der Waals surface area contributed by atoms with Crippen LogP contribution in [0.15, 0.2) is 174 Å². The van der Waals surface area contributed by atoms with Gasteiger partial charge in [0.05, 0.1) is 0 Å². The lowest BCUT2D eigenvalue weighted by atomic mass is 9.86. The molecule has 1 nitrogen and oxygen atoms in total. The lowest BCUT2D eigenvalue weighted by Gasteiger charge is -2.17. The van der Waals surface area contributed by atoms with E-state index in [1.54, 1.807) is 0 Å². The van der Waals surface area contributed by atoms with Gasteiger partial charge in [-0.15, -0.1) is 11.3 Å². The van der Waals surface area contributed by atoms with Gasteiger partial charge in [-0.2, -0.15) is 0 Å². The van der Waals surface area contributed by atoms with Gasteiger partial charge in [0, 0.05) is 36.7 Å². The van der Waals surface area contributed by atoms with Crippen LogP contribution in [0.4, 0.5) is 0 Å². The van der Waals surface area contributed by atoms with Gasteiger partial charge in [0.1, 0.15) is 11.3 Å². The highest BCUT2D eigenvalue weighted by molar-refractivity contribution is 7.26. The minimum absolute atomic E-state index is 0.916. The smallest absolute Gasteiger partial charge is 0.143 e. The predicted molar refractivity (Wildman–Crippen MR) is 206 cm³/mol. The molecule has 0 amide bonds. The molecule has 0 saturated heterocycles. The molecule has 2 aromatic heterocycles. The Morgan fingerprint density at radius 2 is 0.854 bits per heavy atom. The van der Waals surface area contributed by atoms with E-state index in [4.69, 9.17) is 4.42 Å². The molecule has 0 aliphatic carbocycles. The topological polar surface area (TPSA) is 13.1 Å². The maximum absolute atomic E-state index is 6.69. The molecule has 0 aliphatic rings. The molecule has 0 fully saturated rings. The van der Waals surface area contributed by atoms with Crippen LogP contribution in [0.1, 0.15) is 0 Å². The quantitative estimate of drug-likeness (QED) is 0.177. The van der Waals surface area contributed by atoms with E-state index in [9.17, 15) is 0 Å². The largest absolute Gasteiger partial charge is 0.455 e. The Morgan fingerprint density at radius 1 is 0.354 bits per heavy atom. The third-order valence-electron chi connectivity index (χ3n) is 9.67. The molecule has 0 spiro atoms. The second kappa shape index (κ2) is 10.8. The average molecular weight is 629 g/mol. The Hall–Kier alpha value is -5.96. The van der Waals surface area contributed by atoms with Crippen molar-refractivity contribution in [2.75, 3.05) is 0 Å². The zero-order valence-corrected chi connectivity index (χ0v) is 26.8. The molecule has 0 saturated carbocycles. The van der Waals surface area contributed by atoms with E-state index in [0.29, 0.717) is 0 Å². The Morgan fingerprint density at radius 3 is 1.44 bits per heavy atom. The first-order valence-electron chi connectivity index (χ1n) is 16.4. The maximum Gasteiger partial charge on any atom is 0.143 e. The summed E-state index contributed by atoms with van der Waals surface area (Å²) >= 11 is 1.86. The van der Waals surface area contributed by atoms with E-state index in [1.807, 2.05) is 11.3 Å². The first-order chi connectivity index (χ1) is 23.8. The zero-order chi connectivity index (χ0) is 31.6. The van der Waals surface area contributed by atoms with Crippen molar-refractivity contribution in [2.45, 2.75) is 0 Å². The summed E-state index contributed by atoms with van der Waals surface area (Å²) in [6.07, 6.45) is 0. The molecule has 2 heteroatoms. The molecular weight excluding hydrogens is 601 g/mol. The van der Waals surface area contributed by atoms with Gasteiger partial charge in [-0.25, -0.2) is 0 Å². The molecule has 224 valence electrons. The number of furan rings is 1. The van der Waals surface area contributed by atoms with Gasteiger partial charge >= 0.3 is 0 Å². The summed E-state index contributed by atoms with van der Waals surface area (Å²) in [7, 11) is 0. The van der Waals surface area contributed by atoms with Crippen molar-refractivity contribution in [3.63, 3.8) is 0 Å². The first kappa shape index (κ1) is 27.2. The van der Waals surface area contributed by atoms with Crippen LogP contribution in [-0.4, -0.2) is 0 Å². The summed E-state index contributed by atoms with van der Waals surface area (Å²) in [5.74, 6) is 0.916. The standard InChI is InChI=1S/C46H28OS/c1-4-14-29(15-5-1)41-33-20-10-12-22-35(33)42(36-23-13-11-21-34(36)41)32-24-27-40-38(28-32)37-25-26-39-44(46(37)48-40)43(30-16-6-2-7-17-30)45(47-39)31-18-8-3-9-19-31/h1-28H. The van der Waals surface area contributed by atoms with Crippen LogP contribution in [0.5, 0.6) is 0 Å². The summed E-state index contributed by atoms with van der Waals surface area (Å²) < 4.78 is 9.23. The molecule has 0 unspecified atom stereocenters. The Kier molecular flexibility index (Phi) is 6.12. The molecule has 48 heavy (non-hydrogen) atoms. The maximum atomic E-state index is 6.69. The molecule has 0 bridgehead atoms. The van der Waals surface area contributed by atoms with Gasteiger partial charge in [-0.05, 0) is 73.6 Å². The van der Waals surface area contributed by atoms with Gasteiger partial charge in [0.2, 0.25) is 0 Å². The van der Waals surface area contributed by atoms with E-state index in [-0.39, 0.29) is 0 Å². The fraction of sp³-hybridized carbons (Fsp3) is 0. The molecule has 0 N–H and O–H groups in total. The fourth-order valence-electron chi connectivity index (χ4n) is 7.60. The molecule has 0 radical (unpaired) electrons. The van der Waals surface area contributed by atoms with Gasteiger partial charge in [0.15, 0.2) is 0 Å². The van der Waals surface area contributed by atoms with Crippen LogP contribution in [0.3, 0.4) is 0 Å². The normalized spacial score (nSPS) is 11.8. The minimum atomic E-state index is 0.916. The van der Waals surface area contributed by atoms with E-state index in [1.165, 1.54) is 69.4 Å².